The van der Waals surface area contributed by atoms with Crippen molar-refractivity contribution in [2.75, 3.05) is 13.1 Å². The number of carbonyl (C=O) groups is 2. The summed E-state index contributed by atoms with van der Waals surface area (Å²) in [6.07, 6.45) is 6.67. The summed E-state index contributed by atoms with van der Waals surface area (Å²) in [5, 5.41) is 5.44. The van der Waals surface area contributed by atoms with E-state index in [9.17, 15) is 9.59 Å². The molecule has 0 aromatic rings. The fraction of sp³-hybridized carbons (Fsp3) is 0.500. The van der Waals surface area contributed by atoms with Crippen molar-refractivity contribution < 1.29 is 9.59 Å². The molecule has 4 heteroatoms. The largest absolute Gasteiger partial charge is 0.356 e. The van der Waals surface area contributed by atoms with Crippen LogP contribution in [0.1, 0.15) is 27.2 Å². The van der Waals surface area contributed by atoms with Crippen LogP contribution in [0.25, 0.3) is 0 Å². The number of amides is 2. The number of carbonyl (C=O) groups excluding carboxylic acids is 2. The van der Waals surface area contributed by atoms with Crippen LogP contribution in [0.2, 0.25) is 0 Å². The molecule has 0 aliphatic carbocycles. The second-order valence-electron chi connectivity index (χ2n) is 3.45. The van der Waals surface area contributed by atoms with E-state index in [1.165, 1.54) is 13.8 Å². The molecule has 16 heavy (non-hydrogen) atoms. The summed E-state index contributed by atoms with van der Waals surface area (Å²) in [5.74, 6) is -0.0519. The van der Waals surface area contributed by atoms with Gasteiger partial charge in [0.2, 0.25) is 11.8 Å². The maximum atomic E-state index is 10.7. The standard InChI is InChI=1S/C12H20N2O2/c1-4-12(9-14-11(3)16)7-5-6-8-13-10(2)15/h4-5,7H,6,8-9H2,1-3H3,(H,13,15)(H,14,16)/b7-5-,12-4+. The van der Waals surface area contributed by atoms with Gasteiger partial charge in [-0.15, -0.1) is 0 Å². The number of hydrogen-bond donors (Lipinski definition) is 2. The van der Waals surface area contributed by atoms with Gasteiger partial charge in [0.05, 0.1) is 0 Å². The highest BCUT2D eigenvalue weighted by molar-refractivity contribution is 5.73. The molecule has 0 aliphatic rings. The molecule has 2 N–H and O–H groups in total. The van der Waals surface area contributed by atoms with E-state index in [1.807, 2.05) is 25.2 Å². The van der Waals surface area contributed by atoms with Crippen LogP contribution >= 0.6 is 0 Å². The van der Waals surface area contributed by atoms with Crippen LogP contribution in [0.3, 0.4) is 0 Å². The molecule has 0 heterocycles. The normalized spacial score (nSPS) is 11.6. The molecule has 0 radical (unpaired) electrons. The lowest BCUT2D eigenvalue weighted by Gasteiger charge is -2.02. The van der Waals surface area contributed by atoms with Crippen LogP contribution in [0.15, 0.2) is 23.8 Å². The van der Waals surface area contributed by atoms with Gasteiger partial charge < -0.3 is 10.6 Å². The van der Waals surface area contributed by atoms with Gasteiger partial charge in [0, 0.05) is 26.9 Å². The molecule has 0 atom stereocenters. The summed E-state index contributed by atoms with van der Waals surface area (Å²) in [5.41, 5.74) is 1.05. The molecule has 2 amide bonds. The zero-order valence-electron chi connectivity index (χ0n) is 10.2. The molecule has 0 aromatic carbocycles. The molecule has 90 valence electrons. The van der Waals surface area contributed by atoms with Crippen molar-refractivity contribution in [3.8, 4) is 0 Å². The Kier molecular flexibility index (Phi) is 7.85. The first-order valence-electron chi connectivity index (χ1n) is 5.37. The van der Waals surface area contributed by atoms with Crippen LogP contribution in [0, 0.1) is 0 Å². The second-order valence-corrected chi connectivity index (χ2v) is 3.45. The van der Waals surface area contributed by atoms with E-state index in [1.54, 1.807) is 0 Å². The monoisotopic (exact) mass is 224 g/mol. The summed E-state index contributed by atoms with van der Waals surface area (Å²) in [6.45, 7) is 6.10. The molecule has 0 unspecified atom stereocenters. The van der Waals surface area contributed by atoms with Crippen molar-refractivity contribution in [1.82, 2.24) is 10.6 Å². The van der Waals surface area contributed by atoms with E-state index < -0.39 is 0 Å². The highest BCUT2D eigenvalue weighted by Gasteiger charge is 1.93. The average Bonchev–Trinajstić information content (AvgIpc) is 2.21. The molecule has 0 spiro atoms. The van der Waals surface area contributed by atoms with Gasteiger partial charge in [0.15, 0.2) is 0 Å². The van der Waals surface area contributed by atoms with Crippen LogP contribution in [0.4, 0.5) is 0 Å². The van der Waals surface area contributed by atoms with Gasteiger partial charge in [-0.3, -0.25) is 9.59 Å². The van der Waals surface area contributed by atoms with Crippen LogP contribution in [-0.2, 0) is 9.59 Å². The van der Waals surface area contributed by atoms with E-state index in [4.69, 9.17) is 0 Å². The van der Waals surface area contributed by atoms with E-state index in [-0.39, 0.29) is 11.8 Å². The smallest absolute Gasteiger partial charge is 0.217 e. The number of allylic oxidation sites excluding steroid dienone is 1. The predicted molar refractivity (Wildman–Crippen MR) is 64.9 cm³/mol. The first-order chi connectivity index (χ1) is 7.56. The Bertz CT molecular complexity index is 293. The maximum absolute atomic E-state index is 10.7. The third-order valence-electron chi connectivity index (χ3n) is 1.93. The predicted octanol–water partition coefficient (Wildman–Crippen LogP) is 1.15. The van der Waals surface area contributed by atoms with Crippen LogP contribution in [0.5, 0.6) is 0 Å². The van der Waals surface area contributed by atoms with Crippen molar-refractivity contribution in [2.45, 2.75) is 27.2 Å². The lowest BCUT2D eigenvalue weighted by molar-refractivity contribution is -0.119. The Hall–Kier alpha value is -1.58. The summed E-state index contributed by atoms with van der Waals surface area (Å²) in [4.78, 5) is 21.3. The zero-order valence-corrected chi connectivity index (χ0v) is 10.2. The molecular formula is C12H20N2O2. The second kappa shape index (κ2) is 8.71. The number of rotatable bonds is 6. The number of hydrogen-bond acceptors (Lipinski definition) is 2. The van der Waals surface area contributed by atoms with E-state index >= 15 is 0 Å². The van der Waals surface area contributed by atoms with Crippen molar-refractivity contribution in [1.29, 1.82) is 0 Å². The van der Waals surface area contributed by atoms with Gasteiger partial charge in [-0.05, 0) is 18.9 Å². The first-order valence-corrected chi connectivity index (χ1v) is 5.37. The van der Waals surface area contributed by atoms with E-state index in [0.29, 0.717) is 13.1 Å². The van der Waals surface area contributed by atoms with Gasteiger partial charge in [-0.25, -0.2) is 0 Å². The molecule has 4 nitrogen and oxygen atoms in total. The molecule has 0 fully saturated rings. The van der Waals surface area contributed by atoms with Crippen molar-refractivity contribution in [3.63, 3.8) is 0 Å². The fourth-order valence-corrected chi connectivity index (χ4v) is 1.05. The van der Waals surface area contributed by atoms with Crippen molar-refractivity contribution >= 4 is 11.8 Å². The Labute approximate surface area is 96.8 Å². The summed E-state index contributed by atoms with van der Waals surface area (Å²) in [7, 11) is 0. The lowest BCUT2D eigenvalue weighted by Crippen LogP contribution is -2.22. The molecule has 0 aliphatic heterocycles. The summed E-state index contributed by atoms with van der Waals surface area (Å²) >= 11 is 0. The maximum Gasteiger partial charge on any atom is 0.217 e. The Morgan fingerprint density at radius 2 is 1.75 bits per heavy atom. The third-order valence-corrected chi connectivity index (χ3v) is 1.93. The molecule has 0 bridgehead atoms. The summed E-state index contributed by atoms with van der Waals surface area (Å²) in [6, 6.07) is 0. The first kappa shape index (κ1) is 14.4. The summed E-state index contributed by atoms with van der Waals surface area (Å²) < 4.78 is 0. The van der Waals surface area contributed by atoms with Gasteiger partial charge in [-0.1, -0.05) is 18.2 Å². The van der Waals surface area contributed by atoms with Crippen LogP contribution < -0.4 is 10.6 Å². The third kappa shape index (κ3) is 8.99. The lowest BCUT2D eigenvalue weighted by atomic mass is 10.2. The molecule has 0 aromatic heterocycles. The Balaban J connectivity index is 3.81. The molecule has 0 saturated heterocycles. The van der Waals surface area contributed by atoms with Crippen LogP contribution in [-0.4, -0.2) is 24.9 Å². The number of nitrogens with one attached hydrogen (secondary N) is 2. The molecule has 0 saturated carbocycles. The minimum absolute atomic E-state index is 0.0158. The average molecular weight is 224 g/mol. The van der Waals surface area contributed by atoms with E-state index in [0.717, 1.165) is 12.0 Å². The van der Waals surface area contributed by atoms with Gasteiger partial charge in [-0.2, -0.15) is 0 Å². The van der Waals surface area contributed by atoms with Crippen molar-refractivity contribution in [2.24, 2.45) is 0 Å². The highest BCUT2D eigenvalue weighted by Crippen LogP contribution is 1.96. The van der Waals surface area contributed by atoms with Gasteiger partial charge in [0.25, 0.3) is 0 Å². The van der Waals surface area contributed by atoms with Gasteiger partial charge >= 0.3 is 0 Å². The minimum atomic E-state index is -0.0361. The van der Waals surface area contributed by atoms with E-state index in [2.05, 4.69) is 10.6 Å². The van der Waals surface area contributed by atoms with Crippen molar-refractivity contribution in [3.05, 3.63) is 23.8 Å². The highest BCUT2D eigenvalue weighted by atomic mass is 16.1. The van der Waals surface area contributed by atoms with Gasteiger partial charge in [0.1, 0.15) is 0 Å². The molecular weight excluding hydrogens is 204 g/mol. The Morgan fingerprint density at radius 1 is 1.12 bits per heavy atom. The SMILES string of the molecule is C/C=C(\C=C/CCNC(C)=O)CNC(C)=O. The fourth-order valence-electron chi connectivity index (χ4n) is 1.05. The quantitative estimate of drug-likeness (QED) is 0.525. The Morgan fingerprint density at radius 3 is 2.25 bits per heavy atom. The minimum Gasteiger partial charge on any atom is -0.356 e. The topological polar surface area (TPSA) is 58.2 Å². The molecule has 0 rings (SSSR count). The zero-order chi connectivity index (χ0) is 12.4.